The summed E-state index contributed by atoms with van der Waals surface area (Å²) in [5.74, 6) is -0.238. The average Bonchev–Trinajstić information content (AvgIpc) is 2.25. The summed E-state index contributed by atoms with van der Waals surface area (Å²) in [6.07, 6.45) is -4.69. The molecule has 0 bridgehead atoms. The van der Waals surface area contributed by atoms with Gasteiger partial charge in [0.15, 0.2) is 0 Å². The molecule has 0 saturated heterocycles. The van der Waals surface area contributed by atoms with Crippen molar-refractivity contribution in [1.82, 2.24) is 0 Å². The highest BCUT2D eigenvalue weighted by Gasteiger charge is 2.31. The van der Waals surface area contributed by atoms with Crippen molar-refractivity contribution >= 4 is 15.9 Å². The zero-order chi connectivity index (χ0) is 14.0. The van der Waals surface area contributed by atoms with Gasteiger partial charge in [-0.15, -0.1) is 13.2 Å². The van der Waals surface area contributed by atoms with Gasteiger partial charge in [-0.3, -0.25) is 0 Å². The van der Waals surface area contributed by atoms with Crippen LogP contribution in [0.1, 0.15) is 5.56 Å². The number of aryl methyl sites for hydroxylation is 1. The molecule has 0 saturated carbocycles. The largest absolute Gasteiger partial charge is 0.573 e. The van der Waals surface area contributed by atoms with E-state index in [1.165, 1.54) is 12.1 Å². The fourth-order valence-corrected chi connectivity index (χ4v) is 2.22. The van der Waals surface area contributed by atoms with Gasteiger partial charge >= 0.3 is 6.36 Å². The van der Waals surface area contributed by atoms with Crippen LogP contribution >= 0.6 is 15.9 Å². The average molecular weight is 331 g/mol. The summed E-state index contributed by atoms with van der Waals surface area (Å²) in [7, 11) is 0. The standard InChI is InChI=1S/C14H10BrF3O/c1-9-3-2-4-10(5-9)11-6-12(15)8-13(7-11)19-14(16,17)18/h2-8H,1H3. The molecule has 0 fully saturated rings. The van der Waals surface area contributed by atoms with E-state index in [9.17, 15) is 13.2 Å². The predicted octanol–water partition coefficient (Wildman–Crippen LogP) is 5.32. The molecule has 100 valence electrons. The van der Waals surface area contributed by atoms with Crippen molar-refractivity contribution in [2.75, 3.05) is 0 Å². The molecule has 5 heteroatoms. The maximum Gasteiger partial charge on any atom is 0.573 e. The van der Waals surface area contributed by atoms with Crippen molar-refractivity contribution < 1.29 is 17.9 Å². The number of rotatable bonds is 2. The molecule has 0 aliphatic heterocycles. The van der Waals surface area contributed by atoms with E-state index in [0.29, 0.717) is 10.0 Å². The molecule has 0 aliphatic rings. The second-order valence-corrected chi connectivity index (χ2v) is 5.01. The Kier molecular flexibility index (Phi) is 3.85. The summed E-state index contributed by atoms with van der Waals surface area (Å²) in [5.41, 5.74) is 2.54. The van der Waals surface area contributed by atoms with Crippen molar-refractivity contribution in [3.63, 3.8) is 0 Å². The van der Waals surface area contributed by atoms with Crippen LogP contribution in [0, 0.1) is 6.92 Å². The fraction of sp³-hybridized carbons (Fsp3) is 0.143. The molecule has 2 aromatic rings. The molecule has 0 N–H and O–H groups in total. The van der Waals surface area contributed by atoms with Gasteiger partial charge in [0.25, 0.3) is 0 Å². The monoisotopic (exact) mass is 330 g/mol. The van der Waals surface area contributed by atoms with Crippen molar-refractivity contribution in [3.05, 3.63) is 52.5 Å². The molecular formula is C14H10BrF3O. The van der Waals surface area contributed by atoms with E-state index in [1.54, 1.807) is 6.07 Å². The molecule has 0 aromatic heterocycles. The maximum absolute atomic E-state index is 12.2. The molecule has 0 atom stereocenters. The first-order valence-corrected chi connectivity index (χ1v) is 6.26. The zero-order valence-electron chi connectivity index (χ0n) is 9.96. The molecule has 0 unspecified atom stereocenters. The molecule has 0 aliphatic carbocycles. The second kappa shape index (κ2) is 5.25. The third-order valence-electron chi connectivity index (χ3n) is 2.46. The molecule has 2 rings (SSSR count). The van der Waals surface area contributed by atoms with Crippen molar-refractivity contribution in [2.45, 2.75) is 13.3 Å². The Balaban J connectivity index is 2.42. The van der Waals surface area contributed by atoms with Crippen LogP contribution in [0.4, 0.5) is 13.2 Å². The highest BCUT2D eigenvalue weighted by atomic mass is 79.9. The van der Waals surface area contributed by atoms with Gasteiger partial charge in [0.1, 0.15) is 5.75 Å². The van der Waals surface area contributed by atoms with Crippen LogP contribution in [-0.4, -0.2) is 6.36 Å². The number of halogens is 4. The summed E-state index contributed by atoms with van der Waals surface area (Å²) < 4.78 is 41.2. The first kappa shape index (κ1) is 13.9. The van der Waals surface area contributed by atoms with Gasteiger partial charge in [-0.25, -0.2) is 0 Å². The molecule has 0 heterocycles. The molecule has 0 radical (unpaired) electrons. The van der Waals surface area contributed by atoms with E-state index in [0.717, 1.165) is 11.1 Å². The van der Waals surface area contributed by atoms with Gasteiger partial charge in [0.2, 0.25) is 0 Å². The minimum atomic E-state index is -4.69. The number of hydrogen-bond acceptors (Lipinski definition) is 1. The van der Waals surface area contributed by atoms with Crippen LogP contribution in [0.3, 0.4) is 0 Å². The van der Waals surface area contributed by atoms with E-state index in [1.807, 2.05) is 31.2 Å². The highest BCUT2D eigenvalue weighted by molar-refractivity contribution is 9.10. The topological polar surface area (TPSA) is 9.23 Å². The number of hydrogen-bond donors (Lipinski definition) is 0. The minimum absolute atomic E-state index is 0.238. The quantitative estimate of drug-likeness (QED) is 0.723. The van der Waals surface area contributed by atoms with Crippen LogP contribution < -0.4 is 4.74 Å². The lowest BCUT2D eigenvalue weighted by Gasteiger charge is -2.11. The summed E-state index contributed by atoms with van der Waals surface area (Å²) in [5, 5.41) is 0. The molecule has 2 aromatic carbocycles. The summed E-state index contributed by atoms with van der Waals surface area (Å²) in [6.45, 7) is 1.93. The summed E-state index contributed by atoms with van der Waals surface area (Å²) in [6, 6.07) is 11.9. The van der Waals surface area contributed by atoms with Crippen molar-refractivity contribution in [3.8, 4) is 16.9 Å². The van der Waals surface area contributed by atoms with Crippen LogP contribution in [0.5, 0.6) is 5.75 Å². The van der Waals surface area contributed by atoms with Crippen LogP contribution in [0.25, 0.3) is 11.1 Å². The highest BCUT2D eigenvalue weighted by Crippen LogP contribution is 2.32. The number of alkyl halides is 3. The molecule has 1 nitrogen and oxygen atoms in total. The van der Waals surface area contributed by atoms with Gasteiger partial charge in [0, 0.05) is 4.47 Å². The van der Waals surface area contributed by atoms with Crippen molar-refractivity contribution in [1.29, 1.82) is 0 Å². The second-order valence-electron chi connectivity index (χ2n) is 4.09. The van der Waals surface area contributed by atoms with E-state index in [-0.39, 0.29) is 5.75 Å². The first-order chi connectivity index (χ1) is 8.83. The molecule has 0 spiro atoms. The van der Waals surface area contributed by atoms with Crippen LogP contribution in [-0.2, 0) is 0 Å². The van der Waals surface area contributed by atoms with Crippen LogP contribution in [0.2, 0.25) is 0 Å². The first-order valence-electron chi connectivity index (χ1n) is 5.47. The molecule has 0 amide bonds. The Hall–Kier alpha value is -1.49. The third kappa shape index (κ3) is 3.99. The predicted molar refractivity (Wildman–Crippen MR) is 71.0 cm³/mol. The van der Waals surface area contributed by atoms with E-state index in [4.69, 9.17) is 0 Å². The SMILES string of the molecule is Cc1cccc(-c2cc(Br)cc(OC(F)(F)F)c2)c1. The molecule has 19 heavy (non-hydrogen) atoms. The Morgan fingerprint density at radius 1 is 1.00 bits per heavy atom. The smallest absolute Gasteiger partial charge is 0.406 e. The number of ether oxygens (including phenoxy) is 1. The third-order valence-corrected chi connectivity index (χ3v) is 2.91. The summed E-state index contributed by atoms with van der Waals surface area (Å²) in [4.78, 5) is 0. The van der Waals surface area contributed by atoms with E-state index in [2.05, 4.69) is 20.7 Å². The van der Waals surface area contributed by atoms with Gasteiger partial charge in [-0.05, 0) is 36.2 Å². The number of benzene rings is 2. The zero-order valence-corrected chi connectivity index (χ0v) is 11.5. The maximum atomic E-state index is 12.2. The lowest BCUT2D eigenvalue weighted by Crippen LogP contribution is -2.17. The van der Waals surface area contributed by atoms with E-state index < -0.39 is 6.36 Å². The molecular weight excluding hydrogens is 321 g/mol. The minimum Gasteiger partial charge on any atom is -0.406 e. The van der Waals surface area contributed by atoms with Crippen molar-refractivity contribution in [2.24, 2.45) is 0 Å². The Bertz CT molecular complexity index is 593. The van der Waals surface area contributed by atoms with E-state index >= 15 is 0 Å². The lowest BCUT2D eigenvalue weighted by molar-refractivity contribution is -0.274. The Morgan fingerprint density at radius 3 is 2.37 bits per heavy atom. The lowest BCUT2D eigenvalue weighted by atomic mass is 10.0. The Labute approximate surface area is 117 Å². The fourth-order valence-electron chi connectivity index (χ4n) is 1.75. The van der Waals surface area contributed by atoms with Gasteiger partial charge in [-0.1, -0.05) is 45.8 Å². The van der Waals surface area contributed by atoms with Gasteiger partial charge in [0.05, 0.1) is 0 Å². The van der Waals surface area contributed by atoms with Gasteiger partial charge < -0.3 is 4.74 Å². The van der Waals surface area contributed by atoms with Gasteiger partial charge in [-0.2, -0.15) is 0 Å². The van der Waals surface area contributed by atoms with Crippen LogP contribution in [0.15, 0.2) is 46.9 Å². The summed E-state index contributed by atoms with van der Waals surface area (Å²) >= 11 is 3.19. The normalized spacial score (nSPS) is 11.4. The Morgan fingerprint density at radius 2 is 1.74 bits per heavy atom.